The highest BCUT2D eigenvalue weighted by molar-refractivity contribution is 8.00. The van der Waals surface area contributed by atoms with Gasteiger partial charge in [0, 0.05) is 12.6 Å². The second-order valence-electron chi connectivity index (χ2n) is 6.91. The maximum atomic E-state index is 12.5. The number of rotatable bonds is 9. The van der Waals surface area contributed by atoms with Gasteiger partial charge < -0.3 is 24.3 Å². The Kier molecular flexibility index (Phi) is 7.88. The van der Waals surface area contributed by atoms with Crippen molar-refractivity contribution in [3.63, 3.8) is 0 Å². The number of hydrazine groups is 1. The van der Waals surface area contributed by atoms with Crippen molar-refractivity contribution in [2.75, 3.05) is 39.0 Å². The summed E-state index contributed by atoms with van der Waals surface area (Å²) in [6.07, 6.45) is 0. The summed E-state index contributed by atoms with van der Waals surface area (Å²) in [6, 6.07) is 10.1. The molecule has 0 aromatic heterocycles. The van der Waals surface area contributed by atoms with E-state index in [2.05, 4.69) is 10.7 Å². The average Bonchev–Trinajstić information content (AvgIpc) is 3.17. The van der Waals surface area contributed by atoms with Crippen LogP contribution in [0.1, 0.15) is 17.9 Å². The van der Waals surface area contributed by atoms with E-state index in [9.17, 15) is 14.4 Å². The topological polar surface area (TPSA) is 115 Å². The number of hydrogen-bond acceptors (Lipinski definition) is 8. The summed E-state index contributed by atoms with van der Waals surface area (Å²) in [5.41, 5.74) is 3.94. The van der Waals surface area contributed by atoms with E-state index in [0.29, 0.717) is 34.2 Å². The number of amides is 3. The molecule has 1 aliphatic rings. The van der Waals surface area contributed by atoms with Crippen molar-refractivity contribution in [2.45, 2.75) is 12.3 Å². The van der Waals surface area contributed by atoms with Gasteiger partial charge in [-0.05, 0) is 42.0 Å². The fourth-order valence-electron chi connectivity index (χ4n) is 3.19. The molecule has 1 atom stereocenters. The Bertz CT molecular complexity index is 1000. The number of anilines is 1. The van der Waals surface area contributed by atoms with Crippen LogP contribution < -0.4 is 29.7 Å². The van der Waals surface area contributed by atoms with Gasteiger partial charge in [-0.3, -0.25) is 19.8 Å². The first kappa shape index (κ1) is 24.1. The van der Waals surface area contributed by atoms with Gasteiger partial charge in [-0.2, -0.15) is 0 Å². The lowest BCUT2D eigenvalue weighted by molar-refractivity contribution is -0.140. The molecule has 0 spiro atoms. The van der Waals surface area contributed by atoms with Gasteiger partial charge in [-0.15, -0.1) is 11.8 Å². The molecule has 1 heterocycles. The number of benzene rings is 2. The van der Waals surface area contributed by atoms with Gasteiger partial charge in [0.2, 0.25) is 11.7 Å². The van der Waals surface area contributed by atoms with Crippen molar-refractivity contribution in [1.82, 2.24) is 10.4 Å². The summed E-state index contributed by atoms with van der Waals surface area (Å²) >= 11 is 1.36. The summed E-state index contributed by atoms with van der Waals surface area (Å²) in [5, 5.41) is 3.44. The minimum absolute atomic E-state index is 0.183. The summed E-state index contributed by atoms with van der Waals surface area (Å²) in [7, 11) is 4.52. The predicted molar refractivity (Wildman–Crippen MR) is 123 cm³/mol. The zero-order valence-electron chi connectivity index (χ0n) is 18.7. The van der Waals surface area contributed by atoms with Crippen molar-refractivity contribution in [2.24, 2.45) is 0 Å². The Morgan fingerprint density at radius 1 is 1.06 bits per heavy atom. The van der Waals surface area contributed by atoms with Crippen molar-refractivity contribution < 1.29 is 33.3 Å². The van der Waals surface area contributed by atoms with Gasteiger partial charge in [0.1, 0.15) is 11.1 Å². The van der Waals surface area contributed by atoms with Crippen molar-refractivity contribution in [3.8, 4) is 23.0 Å². The second kappa shape index (κ2) is 10.8. The number of carbonyl (C=O) groups is 3. The standard InChI is InChI=1S/C22H25N3O7S/c1-13(26)23-15-5-7-16(8-6-15)32-11-19(27)24-25-20(28)12-33-22(25)14-9-17(29-2)21(31-4)18(10-14)30-3/h5-10,22H,11-12H2,1-4H3,(H,23,26)(H,24,27). The van der Waals surface area contributed by atoms with E-state index in [-0.39, 0.29) is 24.2 Å². The highest BCUT2D eigenvalue weighted by Crippen LogP contribution is 2.45. The molecule has 1 saturated heterocycles. The summed E-state index contributed by atoms with van der Waals surface area (Å²) in [6.45, 7) is 1.12. The Labute approximate surface area is 195 Å². The first-order valence-electron chi connectivity index (χ1n) is 9.89. The van der Waals surface area contributed by atoms with Crippen LogP contribution >= 0.6 is 11.8 Å². The second-order valence-corrected chi connectivity index (χ2v) is 7.98. The lowest BCUT2D eigenvalue weighted by Gasteiger charge is -2.25. The van der Waals surface area contributed by atoms with Gasteiger partial charge in [-0.25, -0.2) is 5.01 Å². The van der Waals surface area contributed by atoms with Gasteiger partial charge in [0.15, 0.2) is 18.1 Å². The van der Waals surface area contributed by atoms with Crippen molar-refractivity contribution >= 4 is 35.2 Å². The number of thioether (sulfide) groups is 1. The van der Waals surface area contributed by atoms with Crippen LogP contribution in [-0.4, -0.2) is 56.4 Å². The van der Waals surface area contributed by atoms with Crippen molar-refractivity contribution in [3.05, 3.63) is 42.0 Å². The third kappa shape index (κ3) is 5.80. The Hall–Kier alpha value is -3.60. The molecule has 1 fully saturated rings. The van der Waals surface area contributed by atoms with Crippen LogP contribution in [0, 0.1) is 0 Å². The molecular weight excluding hydrogens is 450 g/mol. The number of methoxy groups -OCH3 is 3. The maximum absolute atomic E-state index is 12.5. The van der Waals surface area contributed by atoms with Crippen LogP contribution in [0.25, 0.3) is 0 Å². The van der Waals surface area contributed by atoms with Gasteiger partial charge in [-0.1, -0.05) is 0 Å². The molecule has 2 aromatic rings. The number of ether oxygens (including phenoxy) is 4. The van der Waals surface area contributed by atoms with E-state index in [1.165, 1.54) is 45.0 Å². The molecule has 2 N–H and O–H groups in total. The molecule has 3 rings (SSSR count). The smallest absolute Gasteiger partial charge is 0.276 e. The maximum Gasteiger partial charge on any atom is 0.276 e. The summed E-state index contributed by atoms with van der Waals surface area (Å²) in [5.74, 6) is 1.06. The lowest BCUT2D eigenvalue weighted by Crippen LogP contribution is -2.46. The average molecular weight is 476 g/mol. The predicted octanol–water partition coefficient (Wildman–Crippen LogP) is 2.35. The fourth-order valence-corrected chi connectivity index (χ4v) is 4.28. The normalized spacial score (nSPS) is 15.1. The molecule has 3 amide bonds. The molecule has 11 heteroatoms. The number of carbonyl (C=O) groups excluding carboxylic acids is 3. The van der Waals surface area contributed by atoms with E-state index in [1.807, 2.05) is 0 Å². The largest absolute Gasteiger partial charge is 0.493 e. The van der Waals surface area contributed by atoms with E-state index in [1.54, 1.807) is 36.4 Å². The number of nitrogens with one attached hydrogen (secondary N) is 2. The van der Waals surface area contributed by atoms with Crippen LogP contribution in [0.3, 0.4) is 0 Å². The van der Waals surface area contributed by atoms with Crippen molar-refractivity contribution in [1.29, 1.82) is 0 Å². The molecule has 2 aromatic carbocycles. The molecular formula is C22H25N3O7S. The molecule has 10 nitrogen and oxygen atoms in total. The molecule has 33 heavy (non-hydrogen) atoms. The molecule has 0 radical (unpaired) electrons. The third-order valence-corrected chi connectivity index (χ3v) is 5.84. The first-order valence-corrected chi connectivity index (χ1v) is 10.9. The zero-order chi connectivity index (χ0) is 24.0. The first-order chi connectivity index (χ1) is 15.9. The van der Waals surface area contributed by atoms with E-state index < -0.39 is 11.3 Å². The van der Waals surface area contributed by atoms with Gasteiger partial charge >= 0.3 is 0 Å². The van der Waals surface area contributed by atoms with E-state index in [4.69, 9.17) is 18.9 Å². The molecule has 0 bridgehead atoms. The molecule has 0 aliphatic carbocycles. The number of nitrogens with zero attached hydrogens (tertiary/aromatic N) is 1. The Morgan fingerprint density at radius 3 is 2.24 bits per heavy atom. The van der Waals surface area contributed by atoms with Crippen LogP contribution in [-0.2, 0) is 14.4 Å². The lowest BCUT2D eigenvalue weighted by atomic mass is 10.1. The Balaban J connectivity index is 1.67. The van der Waals surface area contributed by atoms with Crippen LogP contribution in [0.4, 0.5) is 5.69 Å². The monoisotopic (exact) mass is 475 g/mol. The van der Waals surface area contributed by atoms with Crippen LogP contribution in [0.2, 0.25) is 0 Å². The summed E-state index contributed by atoms with van der Waals surface area (Å²) in [4.78, 5) is 36.0. The van der Waals surface area contributed by atoms with E-state index >= 15 is 0 Å². The van der Waals surface area contributed by atoms with E-state index in [0.717, 1.165) is 0 Å². The third-order valence-electron chi connectivity index (χ3n) is 4.63. The SMILES string of the molecule is COc1cc(C2SCC(=O)N2NC(=O)COc2ccc(NC(C)=O)cc2)cc(OC)c1OC. The fraction of sp³-hybridized carbons (Fsp3) is 0.318. The minimum atomic E-state index is -0.491. The molecule has 1 aliphatic heterocycles. The quantitative estimate of drug-likeness (QED) is 0.568. The van der Waals surface area contributed by atoms with Gasteiger partial charge in [0.05, 0.1) is 27.1 Å². The minimum Gasteiger partial charge on any atom is -0.493 e. The zero-order valence-corrected chi connectivity index (χ0v) is 19.5. The Morgan fingerprint density at radius 2 is 1.70 bits per heavy atom. The highest BCUT2D eigenvalue weighted by Gasteiger charge is 2.35. The van der Waals surface area contributed by atoms with Gasteiger partial charge in [0.25, 0.3) is 11.8 Å². The molecule has 0 saturated carbocycles. The molecule has 1 unspecified atom stereocenters. The highest BCUT2D eigenvalue weighted by atomic mass is 32.2. The number of hydrogen-bond donors (Lipinski definition) is 2. The van der Waals surface area contributed by atoms with Crippen LogP contribution in [0.5, 0.6) is 23.0 Å². The van der Waals surface area contributed by atoms with Crippen LogP contribution in [0.15, 0.2) is 36.4 Å². The summed E-state index contributed by atoms with van der Waals surface area (Å²) < 4.78 is 21.6. The molecule has 176 valence electrons.